The van der Waals surface area contributed by atoms with E-state index < -0.39 is 5.97 Å². The van der Waals surface area contributed by atoms with Crippen molar-refractivity contribution in [3.05, 3.63) is 71.8 Å². The number of allylic oxidation sites excluding steroid dienone is 2. The van der Waals surface area contributed by atoms with Crippen LogP contribution in [0.4, 0.5) is 11.4 Å². The van der Waals surface area contributed by atoms with Crippen molar-refractivity contribution in [3.8, 4) is 0 Å². The van der Waals surface area contributed by atoms with Gasteiger partial charge in [0.25, 0.3) is 5.91 Å². The lowest BCUT2D eigenvalue weighted by Gasteiger charge is -2.17. The highest BCUT2D eigenvalue weighted by Gasteiger charge is 2.59. The van der Waals surface area contributed by atoms with Crippen LogP contribution < -0.4 is 10.2 Å². The zero-order valence-corrected chi connectivity index (χ0v) is 15.8. The van der Waals surface area contributed by atoms with Crippen LogP contribution in [-0.4, -0.2) is 28.8 Å². The van der Waals surface area contributed by atoms with E-state index in [2.05, 4.69) is 17.5 Å². The summed E-state index contributed by atoms with van der Waals surface area (Å²) in [5.41, 5.74) is 1.43. The number of hydrogen-bond acceptors (Lipinski definition) is 4. The van der Waals surface area contributed by atoms with Gasteiger partial charge in [-0.3, -0.25) is 19.3 Å². The van der Waals surface area contributed by atoms with Gasteiger partial charge in [0, 0.05) is 11.3 Å². The summed E-state index contributed by atoms with van der Waals surface area (Å²) in [5, 5.41) is 11.6. The smallest absolute Gasteiger partial charge is 0.335 e. The second-order valence-corrected chi connectivity index (χ2v) is 7.90. The Bertz CT molecular complexity index is 1070. The number of nitrogens with zero attached hydrogens (tertiary/aromatic N) is 1. The SMILES string of the molecule is O=C(O)c1ccc(NC(=O)c2ccc(N3C(=O)[C@@H]4[C@@H](C3=O)[C@@H]3C=C[C@@H]4C3)cc2)cc1. The summed E-state index contributed by atoms with van der Waals surface area (Å²) in [6.07, 6.45) is 4.99. The molecule has 3 amide bonds. The van der Waals surface area contributed by atoms with Crippen LogP contribution in [0.2, 0.25) is 0 Å². The fourth-order valence-electron chi connectivity index (χ4n) is 4.82. The first-order valence-electron chi connectivity index (χ1n) is 9.75. The van der Waals surface area contributed by atoms with Gasteiger partial charge in [0.15, 0.2) is 0 Å². The van der Waals surface area contributed by atoms with Crippen LogP contribution in [0, 0.1) is 23.7 Å². The Morgan fingerprint density at radius 1 is 0.833 bits per heavy atom. The lowest BCUT2D eigenvalue weighted by atomic mass is 9.85. The van der Waals surface area contributed by atoms with Gasteiger partial charge in [-0.05, 0) is 66.8 Å². The Hall–Kier alpha value is -3.74. The highest BCUT2D eigenvalue weighted by atomic mass is 16.4. The van der Waals surface area contributed by atoms with Gasteiger partial charge in [-0.15, -0.1) is 0 Å². The maximum Gasteiger partial charge on any atom is 0.335 e. The zero-order chi connectivity index (χ0) is 21.0. The minimum atomic E-state index is -1.04. The van der Waals surface area contributed by atoms with Gasteiger partial charge in [0.2, 0.25) is 11.8 Å². The molecule has 0 aromatic heterocycles. The molecule has 7 nitrogen and oxygen atoms in total. The maximum atomic E-state index is 12.9. The van der Waals surface area contributed by atoms with Crippen molar-refractivity contribution in [2.45, 2.75) is 6.42 Å². The number of anilines is 2. The molecule has 30 heavy (non-hydrogen) atoms. The van der Waals surface area contributed by atoms with Gasteiger partial charge in [-0.1, -0.05) is 12.2 Å². The van der Waals surface area contributed by atoms with Crippen LogP contribution >= 0.6 is 0 Å². The Morgan fingerprint density at radius 3 is 1.90 bits per heavy atom. The second kappa shape index (κ2) is 6.66. The molecule has 0 unspecified atom stereocenters. The molecule has 1 saturated heterocycles. The normalized spacial score (nSPS) is 26.2. The molecule has 2 bridgehead atoms. The maximum absolute atomic E-state index is 12.9. The Labute approximate surface area is 172 Å². The molecule has 0 spiro atoms. The van der Waals surface area contributed by atoms with Crippen molar-refractivity contribution in [1.29, 1.82) is 0 Å². The lowest BCUT2D eigenvalue weighted by Crippen LogP contribution is -2.32. The summed E-state index contributed by atoms with van der Waals surface area (Å²) in [4.78, 5) is 50.4. The zero-order valence-electron chi connectivity index (χ0n) is 15.8. The first-order valence-corrected chi connectivity index (χ1v) is 9.75. The summed E-state index contributed by atoms with van der Waals surface area (Å²) in [7, 11) is 0. The fraction of sp³-hybridized carbons (Fsp3) is 0.217. The van der Waals surface area contributed by atoms with Crippen LogP contribution in [0.1, 0.15) is 27.1 Å². The van der Waals surface area contributed by atoms with E-state index in [1.807, 2.05) is 0 Å². The number of aromatic carboxylic acids is 1. The molecule has 2 aromatic carbocycles. The molecule has 5 rings (SSSR count). The van der Waals surface area contributed by atoms with Crippen molar-refractivity contribution in [2.75, 3.05) is 10.2 Å². The highest BCUT2D eigenvalue weighted by Crippen LogP contribution is 2.53. The topological polar surface area (TPSA) is 104 Å². The first kappa shape index (κ1) is 18.3. The number of carboxylic acid groups (broad SMARTS) is 1. The number of carbonyl (C=O) groups is 4. The third kappa shape index (κ3) is 2.74. The predicted molar refractivity (Wildman–Crippen MR) is 108 cm³/mol. The molecule has 2 N–H and O–H groups in total. The summed E-state index contributed by atoms with van der Waals surface area (Å²) in [5.74, 6) is -1.94. The van der Waals surface area contributed by atoms with Crippen molar-refractivity contribution >= 4 is 35.1 Å². The molecule has 0 radical (unpaired) electrons. The molecule has 4 atom stereocenters. The summed E-state index contributed by atoms with van der Waals surface area (Å²) < 4.78 is 0. The van der Waals surface area contributed by atoms with Crippen LogP contribution in [-0.2, 0) is 9.59 Å². The van der Waals surface area contributed by atoms with E-state index in [1.165, 1.54) is 29.2 Å². The van der Waals surface area contributed by atoms with Crippen molar-refractivity contribution in [3.63, 3.8) is 0 Å². The minimum absolute atomic E-state index is 0.130. The average Bonchev–Trinajstić information content (AvgIpc) is 3.42. The third-order valence-corrected chi connectivity index (χ3v) is 6.25. The molecule has 150 valence electrons. The Morgan fingerprint density at radius 2 is 1.37 bits per heavy atom. The Balaban J connectivity index is 1.31. The standard InChI is InChI=1S/C23H18N2O5/c26-20(24-16-7-3-13(4-8-16)23(29)30)12-5-9-17(10-6-12)25-21(27)18-14-1-2-15(11-14)19(18)22(25)28/h1-10,14-15,18-19H,11H2,(H,24,26)(H,29,30)/t14-,15-,18+,19+/m1/s1. The molecule has 3 aliphatic rings. The summed E-state index contributed by atoms with van der Waals surface area (Å²) in [6, 6.07) is 12.2. The number of rotatable bonds is 4. The number of amides is 3. The second-order valence-electron chi connectivity index (χ2n) is 7.90. The summed E-state index contributed by atoms with van der Waals surface area (Å²) in [6.45, 7) is 0. The van der Waals surface area contributed by atoms with Gasteiger partial charge in [-0.25, -0.2) is 4.79 Å². The first-order chi connectivity index (χ1) is 14.4. The van der Waals surface area contributed by atoms with Gasteiger partial charge in [0.05, 0.1) is 23.1 Å². The quantitative estimate of drug-likeness (QED) is 0.605. The van der Waals surface area contributed by atoms with E-state index in [-0.39, 0.29) is 47.0 Å². The number of nitrogens with one attached hydrogen (secondary N) is 1. The molecule has 2 fully saturated rings. The van der Waals surface area contributed by atoms with E-state index in [9.17, 15) is 19.2 Å². The number of imide groups is 1. The van der Waals surface area contributed by atoms with E-state index in [0.29, 0.717) is 16.9 Å². The van der Waals surface area contributed by atoms with Crippen molar-refractivity contribution < 1.29 is 24.3 Å². The third-order valence-electron chi connectivity index (χ3n) is 6.25. The van der Waals surface area contributed by atoms with Crippen LogP contribution in [0.5, 0.6) is 0 Å². The molecular formula is C23H18N2O5. The predicted octanol–water partition coefficient (Wildman–Crippen LogP) is 2.95. The molecule has 2 aromatic rings. The van der Waals surface area contributed by atoms with Crippen LogP contribution in [0.3, 0.4) is 0 Å². The Kier molecular flexibility index (Phi) is 4.06. The number of benzene rings is 2. The summed E-state index contributed by atoms with van der Waals surface area (Å²) >= 11 is 0. The van der Waals surface area contributed by atoms with Crippen molar-refractivity contribution in [1.82, 2.24) is 0 Å². The molecule has 1 saturated carbocycles. The number of carbonyl (C=O) groups excluding carboxylic acids is 3. The monoisotopic (exact) mass is 402 g/mol. The largest absolute Gasteiger partial charge is 0.478 e. The molecule has 2 aliphatic carbocycles. The van der Waals surface area contributed by atoms with Crippen molar-refractivity contribution in [2.24, 2.45) is 23.7 Å². The molecular weight excluding hydrogens is 384 g/mol. The van der Waals surface area contributed by atoms with Gasteiger partial charge < -0.3 is 10.4 Å². The van der Waals surface area contributed by atoms with E-state index >= 15 is 0 Å². The number of fused-ring (bicyclic) bond motifs is 5. The molecule has 1 heterocycles. The molecule has 7 heteroatoms. The highest BCUT2D eigenvalue weighted by molar-refractivity contribution is 6.23. The van der Waals surface area contributed by atoms with E-state index in [1.54, 1.807) is 24.3 Å². The number of hydrogen-bond donors (Lipinski definition) is 2. The average molecular weight is 402 g/mol. The lowest BCUT2D eigenvalue weighted by molar-refractivity contribution is -0.123. The van der Waals surface area contributed by atoms with Gasteiger partial charge in [-0.2, -0.15) is 0 Å². The van der Waals surface area contributed by atoms with E-state index in [0.717, 1.165) is 6.42 Å². The van der Waals surface area contributed by atoms with Crippen LogP contribution in [0.25, 0.3) is 0 Å². The van der Waals surface area contributed by atoms with Crippen LogP contribution in [0.15, 0.2) is 60.7 Å². The van der Waals surface area contributed by atoms with Gasteiger partial charge in [0.1, 0.15) is 0 Å². The van der Waals surface area contributed by atoms with E-state index in [4.69, 9.17) is 5.11 Å². The number of carboxylic acids is 1. The fourth-order valence-corrected chi connectivity index (χ4v) is 4.82. The molecule has 1 aliphatic heterocycles. The van der Waals surface area contributed by atoms with Gasteiger partial charge >= 0.3 is 5.97 Å². The minimum Gasteiger partial charge on any atom is -0.478 e.